The van der Waals surface area contributed by atoms with Gasteiger partial charge in [-0.1, -0.05) is 12.7 Å². The summed E-state index contributed by atoms with van der Waals surface area (Å²) in [6.45, 7) is 5.91. The van der Waals surface area contributed by atoms with Crippen molar-refractivity contribution >= 4 is 5.91 Å². The maximum Gasteiger partial charge on any atom is 0.229 e. The van der Waals surface area contributed by atoms with Crippen LogP contribution in [0.25, 0.3) is 0 Å². The van der Waals surface area contributed by atoms with Gasteiger partial charge in [-0.15, -0.1) is 0 Å². The molecule has 1 rings (SSSR count). The molecule has 1 N–H and O–H groups in total. The number of rotatable bonds is 2. The van der Waals surface area contributed by atoms with Gasteiger partial charge in [-0.2, -0.15) is 0 Å². The molecule has 0 aromatic rings. The molecule has 1 fully saturated rings. The summed E-state index contributed by atoms with van der Waals surface area (Å²) in [6.07, 6.45) is 3.97. The molecule has 0 spiro atoms. The van der Waals surface area contributed by atoms with E-state index in [1.54, 1.807) is 13.0 Å². The zero-order chi connectivity index (χ0) is 9.84. The molecule has 3 heteroatoms. The molecular weight excluding hydrogens is 166 g/mol. The molecule has 13 heavy (non-hydrogen) atoms. The van der Waals surface area contributed by atoms with E-state index in [0.29, 0.717) is 18.5 Å². The van der Waals surface area contributed by atoms with Gasteiger partial charge in [-0.05, 0) is 19.8 Å². The first-order valence-corrected chi connectivity index (χ1v) is 4.49. The Kier molecular flexibility index (Phi) is 3.12. The molecular formula is C10H15NO2. The van der Waals surface area contributed by atoms with Crippen LogP contribution in [-0.2, 0) is 4.79 Å². The molecule has 0 atom stereocenters. The largest absolute Gasteiger partial charge is 0.494 e. The third-order valence-electron chi connectivity index (χ3n) is 2.24. The minimum absolute atomic E-state index is 0.00458. The molecule has 1 saturated heterocycles. The quantitative estimate of drug-likeness (QED) is 0.522. The predicted molar refractivity (Wildman–Crippen MR) is 51.1 cm³/mol. The molecule has 1 amide bonds. The minimum Gasteiger partial charge on any atom is -0.494 e. The summed E-state index contributed by atoms with van der Waals surface area (Å²) in [6, 6.07) is 0. The zero-order valence-corrected chi connectivity index (χ0v) is 7.92. The second kappa shape index (κ2) is 4.12. The lowest BCUT2D eigenvalue weighted by molar-refractivity contribution is -0.133. The van der Waals surface area contributed by atoms with Gasteiger partial charge in [0.25, 0.3) is 0 Å². The van der Waals surface area contributed by atoms with Crippen molar-refractivity contribution in [2.24, 2.45) is 0 Å². The zero-order valence-electron chi connectivity index (χ0n) is 7.92. The Morgan fingerprint density at radius 1 is 1.62 bits per heavy atom. The van der Waals surface area contributed by atoms with E-state index in [0.717, 1.165) is 12.8 Å². The average molecular weight is 181 g/mol. The second-order valence-corrected chi connectivity index (χ2v) is 3.21. The van der Waals surface area contributed by atoms with Crippen LogP contribution in [0.2, 0.25) is 0 Å². The fourth-order valence-corrected chi connectivity index (χ4v) is 1.33. The van der Waals surface area contributed by atoms with Gasteiger partial charge in [-0.25, -0.2) is 0 Å². The van der Waals surface area contributed by atoms with E-state index in [4.69, 9.17) is 0 Å². The van der Waals surface area contributed by atoms with Gasteiger partial charge in [0.1, 0.15) is 0 Å². The number of hydrogen-bond acceptors (Lipinski definition) is 2. The second-order valence-electron chi connectivity index (χ2n) is 3.21. The molecule has 1 heterocycles. The lowest BCUT2D eigenvalue weighted by Gasteiger charge is -2.26. The highest BCUT2D eigenvalue weighted by atomic mass is 16.3. The van der Waals surface area contributed by atoms with Crippen molar-refractivity contribution in [1.82, 2.24) is 4.90 Å². The number of amides is 1. The van der Waals surface area contributed by atoms with Crippen molar-refractivity contribution in [3.63, 3.8) is 0 Å². The number of aliphatic hydroxyl groups excluding tert-OH is 1. The highest BCUT2D eigenvalue weighted by molar-refractivity contribution is 5.78. The molecule has 72 valence electrons. The number of carbonyl (C=O) groups is 1. The molecule has 1 aliphatic heterocycles. The smallest absolute Gasteiger partial charge is 0.229 e. The van der Waals surface area contributed by atoms with Crippen molar-refractivity contribution in [3.8, 4) is 0 Å². The maximum atomic E-state index is 11.4. The van der Waals surface area contributed by atoms with Gasteiger partial charge < -0.3 is 5.11 Å². The maximum absolute atomic E-state index is 11.4. The van der Waals surface area contributed by atoms with E-state index >= 15 is 0 Å². The highest BCUT2D eigenvalue weighted by Crippen LogP contribution is 2.16. The van der Waals surface area contributed by atoms with Crippen molar-refractivity contribution in [3.05, 3.63) is 24.1 Å². The van der Waals surface area contributed by atoms with Gasteiger partial charge in [0.15, 0.2) is 5.88 Å². The minimum atomic E-state index is 0.00458. The summed E-state index contributed by atoms with van der Waals surface area (Å²) >= 11 is 0. The Bertz CT molecular complexity index is 256. The van der Waals surface area contributed by atoms with Crippen molar-refractivity contribution in [2.45, 2.75) is 26.2 Å². The molecule has 0 saturated carbocycles. The van der Waals surface area contributed by atoms with Crippen LogP contribution in [0.3, 0.4) is 0 Å². The van der Waals surface area contributed by atoms with E-state index in [9.17, 15) is 9.90 Å². The summed E-state index contributed by atoms with van der Waals surface area (Å²) in [4.78, 5) is 12.8. The van der Waals surface area contributed by atoms with E-state index in [1.807, 2.05) is 0 Å². The van der Waals surface area contributed by atoms with Gasteiger partial charge in [0.05, 0.1) is 0 Å². The SMILES string of the molecule is C=C/C(C)=C(\O)N1CCCCC1=O. The third-order valence-corrected chi connectivity index (χ3v) is 2.24. The van der Waals surface area contributed by atoms with Crippen LogP contribution < -0.4 is 0 Å². The summed E-state index contributed by atoms with van der Waals surface area (Å²) in [5.41, 5.74) is 0.648. The van der Waals surface area contributed by atoms with Crippen LogP contribution >= 0.6 is 0 Å². The molecule has 0 radical (unpaired) electrons. The Morgan fingerprint density at radius 3 is 2.85 bits per heavy atom. The van der Waals surface area contributed by atoms with E-state index in [1.165, 1.54) is 4.90 Å². The van der Waals surface area contributed by atoms with Crippen LogP contribution in [0.1, 0.15) is 26.2 Å². The summed E-state index contributed by atoms with van der Waals surface area (Å²) in [5.74, 6) is 0.0599. The normalized spacial score (nSPS) is 19.8. The van der Waals surface area contributed by atoms with Crippen LogP contribution in [-0.4, -0.2) is 22.5 Å². The number of hydrogen-bond donors (Lipinski definition) is 1. The summed E-state index contributed by atoms with van der Waals surface area (Å²) in [7, 11) is 0. The van der Waals surface area contributed by atoms with Crippen molar-refractivity contribution in [2.75, 3.05) is 6.54 Å². The fraction of sp³-hybridized carbons (Fsp3) is 0.500. The van der Waals surface area contributed by atoms with Gasteiger partial charge in [0, 0.05) is 18.5 Å². The number of aliphatic hydroxyl groups is 1. The molecule has 0 aromatic heterocycles. The number of carbonyl (C=O) groups excluding carboxylic acids is 1. The highest BCUT2D eigenvalue weighted by Gasteiger charge is 2.21. The standard InChI is InChI=1S/C10H15NO2/c1-3-8(2)10(13)11-7-5-4-6-9(11)12/h3,13H,1,4-7H2,2H3/b10-8-. The lowest BCUT2D eigenvalue weighted by atomic mass is 10.1. The van der Waals surface area contributed by atoms with Crippen LogP contribution in [0.15, 0.2) is 24.1 Å². The van der Waals surface area contributed by atoms with Gasteiger partial charge in [0.2, 0.25) is 5.91 Å². The number of piperidine rings is 1. The van der Waals surface area contributed by atoms with Crippen molar-refractivity contribution < 1.29 is 9.90 Å². The van der Waals surface area contributed by atoms with Gasteiger partial charge in [-0.3, -0.25) is 9.69 Å². The molecule has 0 unspecified atom stereocenters. The topological polar surface area (TPSA) is 40.5 Å². The summed E-state index contributed by atoms with van der Waals surface area (Å²) < 4.78 is 0. The van der Waals surface area contributed by atoms with E-state index < -0.39 is 0 Å². The Labute approximate surface area is 78.4 Å². The molecule has 0 bridgehead atoms. The first-order valence-electron chi connectivity index (χ1n) is 4.49. The third kappa shape index (κ3) is 2.11. The fourth-order valence-electron chi connectivity index (χ4n) is 1.33. The first kappa shape index (κ1) is 9.84. The molecule has 0 aliphatic carbocycles. The Morgan fingerprint density at radius 2 is 2.31 bits per heavy atom. The number of likely N-dealkylation sites (tertiary alicyclic amines) is 1. The van der Waals surface area contributed by atoms with Crippen LogP contribution in [0, 0.1) is 0 Å². The average Bonchev–Trinajstić information content (AvgIpc) is 2.16. The first-order chi connectivity index (χ1) is 6.16. The summed E-state index contributed by atoms with van der Waals surface area (Å²) in [5, 5.41) is 9.63. The van der Waals surface area contributed by atoms with Crippen LogP contribution in [0.4, 0.5) is 0 Å². The molecule has 1 aliphatic rings. The van der Waals surface area contributed by atoms with Crippen molar-refractivity contribution in [1.29, 1.82) is 0 Å². The van der Waals surface area contributed by atoms with E-state index in [2.05, 4.69) is 6.58 Å². The lowest BCUT2D eigenvalue weighted by Crippen LogP contribution is -2.35. The number of nitrogens with zero attached hydrogens (tertiary/aromatic N) is 1. The van der Waals surface area contributed by atoms with E-state index in [-0.39, 0.29) is 11.8 Å². The Hall–Kier alpha value is -1.25. The molecule has 3 nitrogen and oxygen atoms in total. The monoisotopic (exact) mass is 181 g/mol. The molecule has 0 aromatic carbocycles. The number of allylic oxidation sites excluding steroid dienone is 2. The van der Waals surface area contributed by atoms with Crippen LogP contribution in [0.5, 0.6) is 0 Å². The Balaban J connectivity index is 2.80. The van der Waals surface area contributed by atoms with Gasteiger partial charge >= 0.3 is 0 Å². The predicted octanol–water partition coefficient (Wildman–Crippen LogP) is 1.97.